The van der Waals surface area contributed by atoms with Crippen molar-refractivity contribution in [3.05, 3.63) is 0 Å². The summed E-state index contributed by atoms with van der Waals surface area (Å²) in [5.74, 6) is 0.395. The zero-order chi connectivity index (χ0) is 9.40. The Hall–Kier alpha value is -0.570. The second kappa shape index (κ2) is 7.10. The Labute approximate surface area is 74.0 Å². The van der Waals surface area contributed by atoms with Crippen LogP contribution < -0.4 is 0 Å². The van der Waals surface area contributed by atoms with Crippen LogP contribution >= 0.6 is 0 Å². The maximum Gasteiger partial charge on any atom is 0.331 e. The van der Waals surface area contributed by atoms with Crippen molar-refractivity contribution in [2.45, 2.75) is 26.7 Å². The lowest BCUT2D eigenvalue weighted by Crippen LogP contribution is -2.11. The molecule has 0 saturated heterocycles. The molecule has 0 aromatic rings. The number of carbonyl (C=O) groups excluding carboxylic acids is 1. The fraction of sp³-hybridized carbons (Fsp3) is 0.889. The van der Waals surface area contributed by atoms with Gasteiger partial charge in [0, 0.05) is 6.61 Å². The van der Waals surface area contributed by atoms with E-state index in [1.807, 2.05) is 0 Å². The van der Waals surface area contributed by atoms with Crippen LogP contribution in [0.3, 0.4) is 0 Å². The largest absolute Gasteiger partial charge is 0.467 e. The van der Waals surface area contributed by atoms with Crippen molar-refractivity contribution in [1.82, 2.24) is 0 Å². The van der Waals surface area contributed by atoms with Crippen molar-refractivity contribution in [2.24, 2.45) is 5.92 Å². The quantitative estimate of drug-likeness (QED) is 0.453. The first-order chi connectivity index (χ1) is 5.66. The van der Waals surface area contributed by atoms with Gasteiger partial charge in [0.1, 0.15) is 6.61 Å². The topological polar surface area (TPSA) is 35.5 Å². The minimum atomic E-state index is -0.306. The summed E-state index contributed by atoms with van der Waals surface area (Å²) in [6, 6.07) is 0. The van der Waals surface area contributed by atoms with E-state index < -0.39 is 0 Å². The molecule has 0 aromatic carbocycles. The SMILES string of the molecule is COC(=O)COCCCC(C)C. The summed E-state index contributed by atoms with van der Waals surface area (Å²) in [6.07, 6.45) is 2.15. The van der Waals surface area contributed by atoms with Crippen molar-refractivity contribution >= 4 is 5.97 Å². The summed E-state index contributed by atoms with van der Waals surface area (Å²) in [5.41, 5.74) is 0. The van der Waals surface area contributed by atoms with Gasteiger partial charge in [0.05, 0.1) is 7.11 Å². The third-order valence-electron chi connectivity index (χ3n) is 1.52. The van der Waals surface area contributed by atoms with Gasteiger partial charge in [0.25, 0.3) is 0 Å². The minimum absolute atomic E-state index is 0.0780. The molecule has 0 unspecified atom stereocenters. The Kier molecular flexibility index (Phi) is 6.76. The molecule has 0 aromatic heterocycles. The average Bonchev–Trinajstić information content (AvgIpc) is 2.03. The molecule has 3 heteroatoms. The highest BCUT2D eigenvalue weighted by molar-refractivity contribution is 5.70. The van der Waals surface area contributed by atoms with Gasteiger partial charge in [-0.3, -0.25) is 0 Å². The first-order valence-electron chi connectivity index (χ1n) is 4.31. The van der Waals surface area contributed by atoms with Gasteiger partial charge in [-0.1, -0.05) is 13.8 Å². The molecule has 0 radical (unpaired) electrons. The van der Waals surface area contributed by atoms with E-state index in [0.717, 1.165) is 12.8 Å². The zero-order valence-corrected chi connectivity index (χ0v) is 8.13. The maximum absolute atomic E-state index is 10.6. The van der Waals surface area contributed by atoms with Gasteiger partial charge in [-0.15, -0.1) is 0 Å². The Morgan fingerprint density at radius 3 is 2.58 bits per heavy atom. The van der Waals surface area contributed by atoms with Crippen LogP contribution in [0.25, 0.3) is 0 Å². The van der Waals surface area contributed by atoms with Crippen LogP contribution in [0.4, 0.5) is 0 Å². The molecule has 0 atom stereocenters. The van der Waals surface area contributed by atoms with Crippen molar-refractivity contribution < 1.29 is 14.3 Å². The highest BCUT2D eigenvalue weighted by Gasteiger charge is 1.99. The van der Waals surface area contributed by atoms with E-state index >= 15 is 0 Å². The molecule has 0 aliphatic carbocycles. The van der Waals surface area contributed by atoms with E-state index in [4.69, 9.17) is 4.74 Å². The van der Waals surface area contributed by atoms with Crippen LogP contribution in [0.1, 0.15) is 26.7 Å². The van der Waals surface area contributed by atoms with E-state index in [1.54, 1.807) is 0 Å². The van der Waals surface area contributed by atoms with Gasteiger partial charge in [0.2, 0.25) is 0 Å². The molecule has 72 valence electrons. The minimum Gasteiger partial charge on any atom is -0.467 e. The molecular formula is C9H18O3. The predicted molar refractivity (Wildman–Crippen MR) is 46.9 cm³/mol. The summed E-state index contributed by atoms with van der Waals surface area (Å²) in [6.45, 7) is 5.06. The van der Waals surface area contributed by atoms with E-state index in [9.17, 15) is 4.79 Å². The maximum atomic E-state index is 10.6. The molecule has 0 heterocycles. The number of esters is 1. The fourth-order valence-corrected chi connectivity index (χ4v) is 0.808. The van der Waals surface area contributed by atoms with Crippen LogP contribution in [0.2, 0.25) is 0 Å². The molecule has 0 spiro atoms. The lowest BCUT2D eigenvalue weighted by Gasteiger charge is -2.04. The number of carbonyl (C=O) groups is 1. The van der Waals surface area contributed by atoms with Gasteiger partial charge >= 0.3 is 5.97 Å². The Bertz CT molecular complexity index is 121. The lowest BCUT2D eigenvalue weighted by atomic mass is 10.1. The zero-order valence-electron chi connectivity index (χ0n) is 8.13. The molecule has 0 aliphatic heterocycles. The standard InChI is InChI=1S/C9H18O3/c1-8(2)5-4-6-12-7-9(10)11-3/h8H,4-7H2,1-3H3. The summed E-state index contributed by atoms with van der Waals surface area (Å²) in [5, 5.41) is 0. The molecule has 12 heavy (non-hydrogen) atoms. The second-order valence-corrected chi connectivity index (χ2v) is 3.16. The van der Waals surface area contributed by atoms with Crippen LogP contribution in [-0.2, 0) is 14.3 Å². The average molecular weight is 174 g/mol. The Balaban J connectivity index is 3.05. The number of methoxy groups -OCH3 is 1. The summed E-state index contributed by atoms with van der Waals surface area (Å²) in [7, 11) is 1.36. The van der Waals surface area contributed by atoms with Gasteiger partial charge in [-0.25, -0.2) is 4.79 Å². The smallest absolute Gasteiger partial charge is 0.331 e. The van der Waals surface area contributed by atoms with E-state index in [0.29, 0.717) is 12.5 Å². The van der Waals surface area contributed by atoms with Crippen LogP contribution in [0.5, 0.6) is 0 Å². The monoisotopic (exact) mass is 174 g/mol. The molecule has 0 amide bonds. The highest BCUT2D eigenvalue weighted by atomic mass is 16.6. The second-order valence-electron chi connectivity index (χ2n) is 3.16. The number of rotatable bonds is 6. The van der Waals surface area contributed by atoms with Gasteiger partial charge in [0.15, 0.2) is 0 Å². The van der Waals surface area contributed by atoms with Gasteiger partial charge in [-0.2, -0.15) is 0 Å². The summed E-state index contributed by atoms with van der Waals surface area (Å²) < 4.78 is 9.48. The van der Waals surface area contributed by atoms with Crippen molar-refractivity contribution in [2.75, 3.05) is 20.3 Å². The molecule has 0 N–H and O–H groups in total. The Morgan fingerprint density at radius 2 is 2.08 bits per heavy atom. The van der Waals surface area contributed by atoms with Crippen LogP contribution in [0, 0.1) is 5.92 Å². The first kappa shape index (κ1) is 11.4. The third kappa shape index (κ3) is 7.54. The molecule has 0 rings (SSSR count). The fourth-order valence-electron chi connectivity index (χ4n) is 0.808. The molecule has 0 aliphatic rings. The predicted octanol–water partition coefficient (Wildman–Crippen LogP) is 1.61. The molecule has 3 nitrogen and oxygen atoms in total. The molecule has 0 bridgehead atoms. The van der Waals surface area contributed by atoms with Crippen molar-refractivity contribution in [3.8, 4) is 0 Å². The summed E-state index contributed by atoms with van der Waals surface area (Å²) in [4.78, 5) is 10.6. The Morgan fingerprint density at radius 1 is 1.42 bits per heavy atom. The van der Waals surface area contributed by atoms with Crippen LogP contribution in [0.15, 0.2) is 0 Å². The first-order valence-corrected chi connectivity index (χ1v) is 4.31. The molecule has 0 saturated carbocycles. The highest BCUT2D eigenvalue weighted by Crippen LogP contribution is 2.02. The number of hydrogen-bond acceptors (Lipinski definition) is 3. The van der Waals surface area contributed by atoms with Crippen molar-refractivity contribution in [1.29, 1.82) is 0 Å². The third-order valence-corrected chi connectivity index (χ3v) is 1.52. The number of hydrogen-bond donors (Lipinski definition) is 0. The lowest BCUT2D eigenvalue weighted by molar-refractivity contribution is -0.145. The van der Waals surface area contributed by atoms with Gasteiger partial charge < -0.3 is 9.47 Å². The van der Waals surface area contributed by atoms with E-state index in [2.05, 4.69) is 18.6 Å². The van der Waals surface area contributed by atoms with Gasteiger partial charge in [-0.05, 0) is 18.8 Å². The van der Waals surface area contributed by atoms with Crippen LogP contribution in [-0.4, -0.2) is 26.3 Å². The summed E-state index contributed by atoms with van der Waals surface area (Å²) >= 11 is 0. The number of ether oxygens (including phenoxy) is 2. The molecular weight excluding hydrogens is 156 g/mol. The van der Waals surface area contributed by atoms with Crippen molar-refractivity contribution in [3.63, 3.8) is 0 Å². The van der Waals surface area contributed by atoms with E-state index in [1.165, 1.54) is 7.11 Å². The normalized spacial score (nSPS) is 10.3. The van der Waals surface area contributed by atoms with E-state index in [-0.39, 0.29) is 12.6 Å². The molecule has 0 fully saturated rings.